The minimum Gasteiger partial charge on any atom is -0.481 e. The molecular weight excluding hydrogens is 218 g/mol. The Balaban J connectivity index is 2.05. The average molecular weight is 241 g/mol. The van der Waals surface area contributed by atoms with Crippen molar-refractivity contribution in [2.75, 3.05) is 26.3 Å². The fraction of sp³-hybridized carbons (Fsp3) is 0.923. The lowest BCUT2D eigenvalue weighted by molar-refractivity contribution is -0.151. The van der Waals surface area contributed by atoms with Gasteiger partial charge in [-0.1, -0.05) is 6.92 Å². The first-order chi connectivity index (χ1) is 8.05. The Labute approximate surface area is 103 Å². The van der Waals surface area contributed by atoms with Crippen molar-refractivity contribution in [3.05, 3.63) is 0 Å². The van der Waals surface area contributed by atoms with Crippen LogP contribution in [0.5, 0.6) is 0 Å². The molecule has 0 radical (unpaired) electrons. The van der Waals surface area contributed by atoms with Crippen molar-refractivity contribution in [3.63, 3.8) is 0 Å². The molecule has 17 heavy (non-hydrogen) atoms. The Hall–Kier alpha value is -0.610. The quantitative estimate of drug-likeness (QED) is 0.815. The lowest BCUT2D eigenvalue weighted by atomic mass is 9.84. The van der Waals surface area contributed by atoms with Crippen LogP contribution in [0.4, 0.5) is 0 Å². The molecule has 4 nitrogen and oxygen atoms in total. The number of hydrogen-bond acceptors (Lipinski definition) is 3. The number of carboxylic acid groups (broad SMARTS) is 1. The van der Waals surface area contributed by atoms with E-state index in [1.54, 1.807) is 0 Å². The normalized spacial score (nSPS) is 39.4. The van der Waals surface area contributed by atoms with E-state index in [2.05, 4.69) is 18.7 Å². The van der Waals surface area contributed by atoms with Crippen molar-refractivity contribution < 1.29 is 14.6 Å². The number of nitrogens with zero attached hydrogens (tertiary/aromatic N) is 1. The van der Waals surface area contributed by atoms with Crippen LogP contribution in [0, 0.1) is 11.3 Å². The molecular formula is C13H23NO3. The Morgan fingerprint density at radius 2 is 2.29 bits per heavy atom. The van der Waals surface area contributed by atoms with Crippen LogP contribution in [0.1, 0.15) is 33.1 Å². The first-order valence-corrected chi connectivity index (χ1v) is 6.60. The minimum absolute atomic E-state index is 0.375. The smallest absolute Gasteiger partial charge is 0.313 e. The molecule has 2 heterocycles. The Morgan fingerprint density at radius 3 is 2.88 bits per heavy atom. The van der Waals surface area contributed by atoms with E-state index in [9.17, 15) is 9.90 Å². The summed E-state index contributed by atoms with van der Waals surface area (Å²) in [6.07, 6.45) is 3.09. The van der Waals surface area contributed by atoms with Crippen LogP contribution in [0.3, 0.4) is 0 Å². The fourth-order valence-electron chi connectivity index (χ4n) is 3.00. The van der Waals surface area contributed by atoms with E-state index in [1.807, 2.05) is 0 Å². The topological polar surface area (TPSA) is 49.8 Å². The molecule has 0 aliphatic carbocycles. The van der Waals surface area contributed by atoms with Gasteiger partial charge in [0.2, 0.25) is 0 Å². The SMILES string of the molecule is CC1CCCN(CC2(C(=O)O)CCOC2)C1C. The Kier molecular flexibility index (Phi) is 3.73. The third-order valence-corrected chi connectivity index (χ3v) is 4.57. The molecule has 2 aliphatic heterocycles. The summed E-state index contributed by atoms with van der Waals surface area (Å²) in [6.45, 7) is 7.11. The van der Waals surface area contributed by atoms with Crippen LogP contribution in [-0.2, 0) is 9.53 Å². The second kappa shape index (κ2) is 4.94. The predicted molar refractivity (Wildman–Crippen MR) is 64.9 cm³/mol. The summed E-state index contributed by atoms with van der Waals surface area (Å²) < 4.78 is 5.32. The number of hydrogen-bond donors (Lipinski definition) is 1. The highest BCUT2D eigenvalue weighted by Crippen LogP contribution is 2.33. The minimum atomic E-state index is -0.694. The van der Waals surface area contributed by atoms with Gasteiger partial charge in [-0.25, -0.2) is 0 Å². The zero-order chi connectivity index (χ0) is 12.5. The maximum atomic E-state index is 11.5. The van der Waals surface area contributed by atoms with Crippen molar-refractivity contribution >= 4 is 5.97 Å². The summed E-state index contributed by atoms with van der Waals surface area (Å²) in [5.74, 6) is -0.0302. The molecule has 4 heteroatoms. The molecule has 2 aliphatic rings. The van der Waals surface area contributed by atoms with Crippen LogP contribution in [0.2, 0.25) is 0 Å². The highest BCUT2D eigenvalue weighted by molar-refractivity contribution is 5.75. The molecule has 1 N–H and O–H groups in total. The Morgan fingerprint density at radius 1 is 1.53 bits per heavy atom. The lowest BCUT2D eigenvalue weighted by Crippen LogP contribution is -2.50. The molecule has 3 atom stereocenters. The summed E-state index contributed by atoms with van der Waals surface area (Å²) in [4.78, 5) is 13.8. The molecule has 0 aromatic heterocycles. The highest BCUT2D eigenvalue weighted by Gasteiger charge is 2.45. The second-order valence-corrected chi connectivity index (χ2v) is 5.72. The zero-order valence-corrected chi connectivity index (χ0v) is 10.8. The third kappa shape index (κ3) is 2.47. The maximum Gasteiger partial charge on any atom is 0.313 e. The van der Waals surface area contributed by atoms with Gasteiger partial charge in [-0.15, -0.1) is 0 Å². The Bertz CT molecular complexity index is 286. The highest BCUT2D eigenvalue weighted by atomic mass is 16.5. The van der Waals surface area contributed by atoms with Crippen LogP contribution in [-0.4, -0.2) is 48.3 Å². The first-order valence-electron chi connectivity index (χ1n) is 6.60. The molecule has 0 saturated carbocycles. The van der Waals surface area contributed by atoms with Gasteiger partial charge in [-0.05, 0) is 38.6 Å². The van der Waals surface area contributed by atoms with Crippen LogP contribution >= 0.6 is 0 Å². The van der Waals surface area contributed by atoms with Gasteiger partial charge in [0.25, 0.3) is 0 Å². The number of aliphatic carboxylic acids is 1. The molecule has 2 rings (SSSR count). The van der Waals surface area contributed by atoms with E-state index >= 15 is 0 Å². The monoisotopic (exact) mass is 241 g/mol. The van der Waals surface area contributed by atoms with E-state index in [-0.39, 0.29) is 0 Å². The summed E-state index contributed by atoms with van der Waals surface area (Å²) in [5.41, 5.74) is -0.661. The molecule has 0 aromatic rings. The van der Waals surface area contributed by atoms with E-state index in [4.69, 9.17) is 4.74 Å². The van der Waals surface area contributed by atoms with Crippen molar-refractivity contribution in [2.45, 2.75) is 39.2 Å². The van der Waals surface area contributed by atoms with Crippen LogP contribution in [0.25, 0.3) is 0 Å². The van der Waals surface area contributed by atoms with Crippen LogP contribution in [0.15, 0.2) is 0 Å². The average Bonchev–Trinajstić information content (AvgIpc) is 2.75. The first kappa shape index (κ1) is 12.8. The third-order valence-electron chi connectivity index (χ3n) is 4.57. The predicted octanol–water partition coefficient (Wildman–Crippen LogP) is 1.60. The molecule has 2 fully saturated rings. The number of carbonyl (C=O) groups is 1. The van der Waals surface area contributed by atoms with Gasteiger partial charge in [-0.3, -0.25) is 9.69 Å². The van der Waals surface area contributed by atoms with E-state index in [1.165, 1.54) is 12.8 Å². The van der Waals surface area contributed by atoms with Gasteiger partial charge in [-0.2, -0.15) is 0 Å². The largest absolute Gasteiger partial charge is 0.481 e. The number of rotatable bonds is 3. The number of piperidine rings is 1. The molecule has 2 saturated heterocycles. The van der Waals surface area contributed by atoms with Gasteiger partial charge in [0.05, 0.1) is 6.61 Å². The number of likely N-dealkylation sites (tertiary alicyclic amines) is 1. The van der Waals surface area contributed by atoms with Crippen molar-refractivity contribution in [3.8, 4) is 0 Å². The summed E-state index contributed by atoms with van der Waals surface area (Å²) in [6, 6.07) is 0.487. The molecule has 0 aromatic carbocycles. The summed E-state index contributed by atoms with van der Waals surface area (Å²) >= 11 is 0. The lowest BCUT2D eigenvalue weighted by Gasteiger charge is -2.41. The van der Waals surface area contributed by atoms with Gasteiger partial charge < -0.3 is 9.84 Å². The van der Waals surface area contributed by atoms with Gasteiger partial charge in [0.15, 0.2) is 0 Å². The molecule has 0 amide bonds. The molecule has 98 valence electrons. The van der Waals surface area contributed by atoms with Gasteiger partial charge in [0, 0.05) is 19.2 Å². The zero-order valence-electron chi connectivity index (χ0n) is 10.8. The number of carboxylic acids is 1. The van der Waals surface area contributed by atoms with Gasteiger partial charge in [0.1, 0.15) is 5.41 Å². The second-order valence-electron chi connectivity index (χ2n) is 5.72. The van der Waals surface area contributed by atoms with Crippen LogP contribution < -0.4 is 0 Å². The fourth-order valence-corrected chi connectivity index (χ4v) is 3.00. The van der Waals surface area contributed by atoms with Crippen molar-refractivity contribution in [1.82, 2.24) is 4.90 Å². The maximum absolute atomic E-state index is 11.5. The van der Waals surface area contributed by atoms with Crippen molar-refractivity contribution in [2.24, 2.45) is 11.3 Å². The van der Waals surface area contributed by atoms with Gasteiger partial charge >= 0.3 is 5.97 Å². The molecule has 0 bridgehead atoms. The number of ether oxygens (including phenoxy) is 1. The van der Waals surface area contributed by atoms with E-state index < -0.39 is 11.4 Å². The summed E-state index contributed by atoms with van der Waals surface area (Å²) in [5, 5.41) is 9.44. The van der Waals surface area contributed by atoms with E-state index in [0.29, 0.717) is 38.1 Å². The standard InChI is InChI=1S/C13H23NO3/c1-10-4-3-6-14(11(10)2)8-13(12(15)16)5-7-17-9-13/h10-11H,3-9H2,1-2H3,(H,15,16). The van der Waals surface area contributed by atoms with E-state index in [0.717, 1.165) is 6.54 Å². The molecule has 0 spiro atoms. The molecule has 3 unspecified atom stereocenters. The summed E-state index contributed by atoms with van der Waals surface area (Å²) in [7, 11) is 0. The van der Waals surface area contributed by atoms with Crippen molar-refractivity contribution in [1.29, 1.82) is 0 Å².